The molecule has 0 aromatic rings. The molecule has 0 aliphatic heterocycles. The lowest BCUT2D eigenvalue weighted by Crippen LogP contribution is -2.47. The van der Waals surface area contributed by atoms with E-state index in [4.69, 9.17) is 23.2 Å². The Morgan fingerprint density at radius 3 is 2.09 bits per heavy atom. The van der Waals surface area contributed by atoms with Gasteiger partial charge >= 0.3 is 0 Å². The zero-order chi connectivity index (χ0) is 8.91. The van der Waals surface area contributed by atoms with Gasteiger partial charge in [-0.05, 0) is 6.92 Å². The van der Waals surface area contributed by atoms with Gasteiger partial charge in [0.2, 0.25) is 0 Å². The van der Waals surface area contributed by atoms with Crippen molar-refractivity contribution in [3.63, 3.8) is 0 Å². The summed E-state index contributed by atoms with van der Waals surface area (Å²) >= 11 is 11.0. The van der Waals surface area contributed by atoms with E-state index in [0.29, 0.717) is 0 Å². The molecule has 0 saturated carbocycles. The summed E-state index contributed by atoms with van der Waals surface area (Å²) in [5.74, 6) is 0.451. The molecule has 0 aliphatic carbocycles. The standard InChI is InChI=1S/C6H11Cl2F2N/c1-6(3-7,4-8)11-2-5(9)10/h5,11H,2-4H2,1H3. The molecule has 0 heterocycles. The van der Waals surface area contributed by atoms with Crippen molar-refractivity contribution in [2.45, 2.75) is 18.9 Å². The van der Waals surface area contributed by atoms with Gasteiger partial charge in [-0.2, -0.15) is 0 Å². The summed E-state index contributed by atoms with van der Waals surface area (Å²) in [6, 6.07) is 0. The second kappa shape index (κ2) is 5.12. The first-order valence-electron chi connectivity index (χ1n) is 3.19. The molecule has 0 unspecified atom stereocenters. The fraction of sp³-hybridized carbons (Fsp3) is 1.00. The van der Waals surface area contributed by atoms with Gasteiger partial charge in [0.1, 0.15) is 0 Å². The molecule has 0 saturated heterocycles. The molecule has 11 heavy (non-hydrogen) atoms. The molecular formula is C6H11Cl2F2N. The summed E-state index contributed by atoms with van der Waals surface area (Å²) in [7, 11) is 0. The molecular weight excluding hydrogens is 195 g/mol. The molecule has 0 amide bonds. The predicted octanol–water partition coefficient (Wildman–Crippen LogP) is 2.08. The third-order valence-corrected chi connectivity index (χ3v) is 2.45. The highest BCUT2D eigenvalue weighted by atomic mass is 35.5. The Labute approximate surface area is 75.1 Å². The van der Waals surface area contributed by atoms with Crippen molar-refractivity contribution in [2.75, 3.05) is 18.3 Å². The SMILES string of the molecule is CC(CCl)(CCl)NCC(F)F. The van der Waals surface area contributed by atoms with Crippen LogP contribution in [-0.4, -0.2) is 30.3 Å². The van der Waals surface area contributed by atoms with Gasteiger partial charge in [-0.1, -0.05) is 0 Å². The first kappa shape index (κ1) is 11.4. The molecule has 0 atom stereocenters. The minimum atomic E-state index is -2.36. The molecule has 0 aromatic carbocycles. The minimum Gasteiger partial charge on any atom is -0.304 e. The maximum Gasteiger partial charge on any atom is 0.250 e. The second-order valence-electron chi connectivity index (χ2n) is 2.60. The molecule has 68 valence electrons. The molecule has 0 aromatic heterocycles. The van der Waals surface area contributed by atoms with Crippen LogP contribution in [0.3, 0.4) is 0 Å². The zero-order valence-electron chi connectivity index (χ0n) is 6.21. The summed E-state index contributed by atoms with van der Waals surface area (Å²) in [5, 5.41) is 2.58. The zero-order valence-corrected chi connectivity index (χ0v) is 7.72. The molecule has 1 nitrogen and oxygen atoms in total. The fourth-order valence-corrected chi connectivity index (χ4v) is 0.928. The van der Waals surface area contributed by atoms with Gasteiger partial charge in [-0.25, -0.2) is 8.78 Å². The van der Waals surface area contributed by atoms with Gasteiger partial charge < -0.3 is 5.32 Å². The fourth-order valence-electron chi connectivity index (χ4n) is 0.454. The van der Waals surface area contributed by atoms with E-state index in [9.17, 15) is 8.78 Å². The lowest BCUT2D eigenvalue weighted by atomic mass is 10.1. The predicted molar refractivity (Wildman–Crippen MR) is 43.9 cm³/mol. The third kappa shape index (κ3) is 4.77. The average Bonchev–Trinajstić information content (AvgIpc) is 2.00. The topological polar surface area (TPSA) is 12.0 Å². The van der Waals surface area contributed by atoms with E-state index < -0.39 is 12.0 Å². The molecule has 0 radical (unpaired) electrons. The van der Waals surface area contributed by atoms with Crippen LogP contribution < -0.4 is 5.32 Å². The summed E-state index contributed by atoms with van der Waals surface area (Å²) < 4.78 is 23.4. The van der Waals surface area contributed by atoms with E-state index in [2.05, 4.69) is 5.32 Å². The normalized spacial score (nSPS) is 12.5. The molecule has 0 spiro atoms. The van der Waals surface area contributed by atoms with Crippen LogP contribution in [0.25, 0.3) is 0 Å². The Morgan fingerprint density at radius 2 is 1.82 bits per heavy atom. The molecule has 0 fully saturated rings. The number of nitrogens with one attached hydrogen (secondary N) is 1. The van der Waals surface area contributed by atoms with E-state index in [1.165, 1.54) is 0 Å². The summed E-state index contributed by atoms with van der Waals surface area (Å²) in [5.41, 5.74) is -0.584. The highest BCUT2D eigenvalue weighted by Crippen LogP contribution is 2.09. The lowest BCUT2D eigenvalue weighted by molar-refractivity contribution is 0.136. The van der Waals surface area contributed by atoms with Crippen LogP contribution in [0.4, 0.5) is 8.78 Å². The first-order valence-corrected chi connectivity index (χ1v) is 4.26. The van der Waals surface area contributed by atoms with Gasteiger partial charge in [-0.3, -0.25) is 0 Å². The number of halogens is 4. The maximum absolute atomic E-state index is 11.7. The van der Waals surface area contributed by atoms with Crippen molar-refractivity contribution in [3.8, 4) is 0 Å². The van der Waals surface area contributed by atoms with E-state index in [-0.39, 0.29) is 18.3 Å². The smallest absolute Gasteiger partial charge is 0.250 e. The second-order valence-corrected chi connectivity index (χ2v) is 3.13. The average molecular weight is 206 g/mol. The summed E-state index contributed by atoms with van der Waals surface area (Å²) in [4.78, 5) is 0. The maximum atomic E-state index is 11.7. The lowest BCUT2D eigenvalue weighted by Gasteiger charge is -2.25. The number of rotatable bonds is 5. The molecule has 0 rings (SSSR count). The van der Waals surface area contributed by atoms with Crippen molar-refractivity contribution in [1.82, 2.24) is 5.32 Å². The molecule has 0 bridgehead atoms. The minimum absolute atomic E-state index is 0.225. The highest BCUT2D eigenvalue weighted by molar-refractivity contribution is 6.22. The number of hydrogen-bond acceptors (Lipinski definition) is 1. The van der Waals surface area contributed by atoms with E-state index in [1.807, 2.05) is 0 Å². The number of alkyl halides is 4. The van der Waals surface area contributed by atoms with Crippen molar-refractivity contribution in [1.29, 1.82) is 0 Å². The first-order chi connectivity index (χ1) is 5.04. The van der Waals surface area contributed by atoms with Crippen LogP contribution in [0.5, 0.6) is 0 Å². The van der Waals surface area contributed by atoms with Gasteiger partial charge in [0, 0.05) is 17.3 Å². The molecule has 0 aliphatic rings. The summed E-state index contributed by atoms with van der Waals surface area (Å²) in [6.45, 7) is 1.34. The van der Waals surface area contributed by atoms with Crippen LogP contribution in [0.15, 0.2) is 0 Å². The highest BCUT2D eigenvalue weighted by Gasteiger charge is 2.22. The Morgan fingerprint density at radius 1 is 1.36 bits per heavy atom. The van der Waals surface area contributed by atoms with Crippen LogP contribution in [0, 0.1) is 0 Å². The van der Waals surface area contributed by atoms with E-state index >= 15 is 0 Å². The van der Waals surface area contributed by atoms with Crippen LogP contribution in [0.1, 0.15) is 6.92 Å². The van der Waals surface area contributed by atoms with E-state index in [0.717, 1.165) is 0 Å². The third-order valence-electron chi connectivity index (χ3n) is 1.27. The number of hydrogen-bond donors (Lipinski definition) is 1. The van der Waals surface area contributed by atoms with Gasteiger partial charge in [0.25, 0.3) is 6.43 Å². The van der Waals surface area contributed by atoms with Crippen LogP contribution >= 0.6 is 23.2 Å². The Bertz CT molecular complexity index is 107. The Balaban J connectivity index is 3.69. The van der Waals surface area contributed by atoms with Crippen molar-refractivity contribution >= 4 is 23.2 Å². The molecule has 1 N–H and O–H groups in total. The Kier molecular flexibility index (Phi) is 5.30. The monoisotopic (exact) mass is 205 g/mol. The van der Waals surface area contributed by atoms with Crippen molar-refractivity contribution in [3.05, 3.63) is 0 Å². The van der Waals surface area contributed by atoms with Crippen molar-refractivity contribution < 1.29 is 8.78 Å². The van der Waals surface area contributed by atoms with Gasteiger partial charge in [0.05, 0.1) is 6.54 Å². The van der Waals surface area contributed by atoms with Gasteiger partial charge in [0.15, 0.2) is 0 Å². The Hall–Kier alpha value is 0.400. The molecule has 5 heteroatoms. The van der Waals surface area contributed by atoms with Gasteiger partial charge in [-0.15, -0.1) is 23.2 Å². The van der Waals surface area contributed by atoms with E-state index in [1.54, 1.807) is 6.92 Å². The largest absolute Gasteiger partial charge is 0.304 e. The quantitative estimate of drug-likeness (QED) is 0.679. The summed E-state index contributed by atoms with van der Waals surface area (Å²) in [6.07, 6.45) is -2.36. The van der Waals surface area contributed by atoms with Crippen LogP contribution in [-0.2, 0) is 0 Å². The van der Waals surface area contributed by atoms with Crippen LogP contribution in [0.2, 0.25) is 0 Å². The van der Waals surface area contributed by atoms with Crippen molar-refractivity contribution in [2.24, 2.45) is 0 Å².